The zero-order valence-electron chi connectivity index (χ0n) is 17.5. The average molecular weight is 337 g/mol. The highest BCUT2D eigenvalue weighted by Crippen LogP contribution is 2.17. The van der Waals surface area contributed by atoms with Gasteiger partial charge in [-0.05, 0) is 31.6 Å². The Morgan fingerprint density at radius 1 is 0.542 bits per heavy atom. The molecule has 0 aromatic carbocycles. The van der Waals surface area contributed by atoms with E-state index >= 15 is 0 Å². The summed E-state index contributed by atoms with van der Waals surface area (Å²) in [5, 5.41) is 0. The van der Waals surface area contributed by atoms with Crippen LogP contribution < -0.4 is 0 Å². The van der Waals surface area contributed by atoms with Crippen LogP contribution in [0.15, 0.2) is 12.2 Å². The summed E-state index contributed by atoms with van der Waals surface area (Å²) in [4.78, 5) is 0. The van der Waals surface area contributed by atoms with Crippen molar-refractivity contribution in [3.8, 4) is 0 Å². The summed E-state index contributed by atoms with van der Waals surface area (Å²) >= 11 is 0. The highest BCUT2D eigenvalue weighted by Gasteiger charge is 2.01. The summed E-state index contributed by atoms with van der Waals surface area (Å²) < 4.78 is 0. The van der Waals surface area contributed by atoms with Gasteiger partial charge in [0.1, 0.15) is 0 Å². The smallest absolute Gasteiger partial charge is 0.0236 e. The number of hydrogen-bond acceptors (Lipinski definition) is 0. The molecule has 0 saturated heterocycles. The topological polar surface area (TPSA) is 0 Å². The first-order valence-electron chi connectivity index (χ1n) is 11.5. The maximum absolute atomic E-state index is 2.52. The molecular formula is C24H48. The van der Waals surface area contributed by atoms with Crippen molar-refractivity contribution in [2.45, 2.75) is 136 Å². The Morgan fingerprint density at radius 3 is 1.50 bits per heavy atom. The lowest BCUT2D eigenvalue weighted by Crippen LogP contribution is -1.94. The van der Waals surface area contributed by atoms with Crippen molar-refractivity contribution in [2.75, 3.05) is 0 Å². The van der Waals surface area contributed by atoms with Gasteiger partial charge in [-0.25, -0.2) is 0 Å². The molecular weight excluding hydrogens is 288 g/mol. The molecule has 0 N–H and O–H groups in total. The zero-order valence-corrected chi connectivity index (χ0v) is 17.5. The number of unbranched alkanes of at least 4 members (excludes halogenated alkanes) is 14. The molecule has 0 aromatic heterocycles. The van der Waals surface area contributed by atoms with Gasteiger partial charge in [-0.3, -0.25) is 0 Å². The number of hydrogen-bond donors (Lipinski definition) is 0. The lowest BCUT2D eigenvalue weighted by Gasteiger charge is -2.09. The van der Waals surface area contributed by atoms with Crippen LogP contribution in [0.5, 0.6) is 0 Å². The molecule has 144 valence electrons. The third kappa shape index (κ3) is 18.1. The molecule has 0 heterocycles. The third-order valence-electron chi connectivity index (χ3n) is 5.34. The molecule has 0 amide bonds. The molecule has 1 unspecified atom stereocenters. The van der Waals surface area contributed by atoms with Crippen molar-refractivity contribution in [3.63, 3.8) is 0 Å². The highest BCUT2D eigenvalue weighted by molar-refractivity contribution is 4.87. The van der Waals surface area contributed by atoms with E-state index in [2.05, 4.69) is 32.9 Å². The van der Waals surface area contributed by atoms with Crippen molar-refractivity contribution in [1.82, 2.24) is 0 Å². The second kappa shape index (κ2) is 20.8. The van der Waals surface area contributed by atoms with Gasteiger partial charge in [0.05, 0.1) is 0 Å². The van der Waals surface area contributed by atoms with Crippen LogP contribution in [0.4, 0.5) is 0 Å². The lowest BCUT2D eigenvalue weighted by atomic mass is 9.97. The molecule has 0 fully saturated rings. The van der Waals surface area contributed by atoms with Crippen molar-refractivity contribution in [1.29, 1.82) is 0 Å². The molecule has 0 nitrogen and oxygen atoms in total. The normalized spacial score (nSPS) is 13.0. The summed E-state index contributed by atoms with van der Waals surface area (Å²) in [5.41, 5.74) is 0. The average Bonchev–Trinajstić information content (AvgIpc) is 2.60. The van der Waals surface area contributed by atoms with E-state index in [-0.39, 0.29) is 0 Å². The second-order valence-corrected chi connectivity index (χ2v) is 7.77. The molecule has 0 heteroatoms. The molecule has 0 aliphatic rings. The molecule has 0 aliphatic heterocycles. The fourth-order valence-corrected chi connectivity index (χ4v) is 3.48. The maximum atomic E-state index is 2.52. The van der Waals surface area contributed by atoms with E-state index in [1.807, 2.05) is 0 Å². The van der Waals surface area contributed by atoms with Crippen LogP contribution in [0.1, 0.15) is 136 Å². The van der Waals surface area contributed by atoms with E-state index in [0.717, 1.165) is 5.92 Å². The summed E-state index contributed by atoms with van der Waals surface area (Å²) in [6.07, 6.45) is 30.5. The fraction of sp³-hybridized carbons (Fsp3) is 0.917. The van der Waals surface area contributed by atoms with E-state index in [1.165, 1.54) is 116 Å². The molecule has 0 saturated carbocycles. The van der Waals surface area contributed by atoms with Crippen LogP contribution in [0, 0.1) is 5.92 Å². The third-order valence-corrected chi connectivity index (χ3v) is 5.34. The zero-order chi connectivity index (χ0) is 17.7. The molecule has 0 aliphatic carbocycles. The van der Waals surface area contributed by atoms with Crippen LogP contribution in [0.2, 0.25) is 0 Å². The van der Waals surface area contributed by atoms with Crippen LogP contribution in [-0.4, -0.2) is 0 Å². The molecule has 0 spiro atoms. The largest absolute Gasteiger partial charge is 0.0883 e. The fourth-order valence-electron chi connectivity index (χ4n) is 3.48. The van der Waals surface area contributed by atoms with Gasteiger partial charge in [0.15, 0.2) is 0 Å². The molecule has 1 atom stereocenters. The van der Waals surface area contributed by atoms with Crippen molar-refractivity contribution >= 4 is 0 Å². The van der Waals surface area contributed by atoms with Gasteiger partial charge < -0.3 is 0 Å². The van der Waals surface area contributed by atoms with E-state index in [4.69, 9.17) is 0 Å². The van der Waals surface area contributed by atoms with E-state index in [0.29, 0.717) is 0 Å². The van der Waals surface area contributed by atoms with Gasteiger partial charge in [-0.2, -0.15) is 0 Å². The lowest BCUT2D eigenvalue weighted by molar-refractivity contribution is 0.511. The Morgan fingerprint density at radius 2 is 1.00 bits per heavy atom. The van der Waals surface area contributed by atoms with Gasteiger partial charge in [0.2, 0.25) is 0 Å². The molecule has 0 radical (unpaired) electrons. The molecule has 0 aromatic rings. The Labute approximate surface area is 154 Å². The van der Waals surface area contributed by atoms with E-state index < -0.39 is 0 Å². The minimum atomic E-state index is 0.842. The first kappa shape index (κ1) is 23.7. The molecule has 0 bridgehead atoms. The van der Waals surface area contributed by atoms with Crippen molar-refractivity contribution < 1.29 is 0 Å². The predicted octanol–water partition coefficient (Wildman–Crippen LogP) is 9.24. The van der Waals surface area contributed by atoms with Gasteiger partial charge in [0.25, 0.3) is 0 Å². The Kier molecular flexibility index (Phi) is 20.6. The Bertz CT molecular complexity index is 240. The SMILES string of the molecule is CCCCCCCCCCCCC=CC(CC)CCCCCCC. The molecule has 24 heavy (non-hydrogen) atoms. The quantitative estimate of drug-likeness (QED) is 0.163. The Hall–Kier alpha value is -0.260. The van der Waals surface area contributed by atoms with E-state index in [9.17, 15) is 0 Å². The van der Waals surface area contributed by atoms with Gasteiger partial charge in [-0.15, -0.1) is 0 Å². The number of allylic oxidation sites excluding steroid dienone is 2. The second-order valence-electron chi connectivity index (χ2n) is 7.77. The standard InChI is InChI=1S/C24H48/c1-4-7-9-11-12-13-14-15-16-17-19-21-23-24(6-3)22-20-18-10-8-5-2/h21,23-24H,4-20,22H2,1-3H3. The van der Waals surface area contributed by atoms with Crippen LogP contribution in [0.3, 0.4) is 0 Å². The summed E-state index contributed by atoms with van der Waals surface area (Å²) in [6.45, 7) is 6.94. The number of rotatable bonds is 19. The van der Waals surface area contributed by atoms with E-state index in [1.54, 1.807) is 0 Å². The highest BCUT2D eigenvalue weighted by atomic mass is 14.1. The van der Waals surface area contributed by atoms with Gasteiger partial charge in [0, 0.05) is 0 Å². The van der Waals surface area contributed by atoms with Crippen molar-refractivity contribution in [2.24, 2.45) is 5.92 Å². The first-order chi connectivity index (χ1) is 11.8. The maximum Gasteiger partial charge on any atom is -0.0236 e. The van der Waals surface area contributed by atoms with Crippen LogP contribution >= 0.6 is 0 Å². The summed E-state index contributed by atoms with van der Waals surface area (Å²) in [5.74, 6) is 0.842. The predicted molar refractivity (Wildman–Crippen MR) is 113 cm³/mol. The molecule has 0 rings (SSSR count). The van der Waals surface area contributed by atoms with Gasteiger partial charge in [-0.1, -0.05) is 123 Å². The first-order valence-corrected chi connectivity index (χ1v) is 11.5. The monoisotopic (exact) mass is 336 g/mol. The minimum absolute atomic E-state index is 0.842. The van der Waals surface area contributed by atoms with Crippen LogP contribution in [0.25, 0.3) is 0 Å². The Balaban J connectivity index is 3.35. The summed E-state index contributed by atoms with van der Waals surface area (Å²) in [6, 6.07) is 0. The summed E-state index contributed by atoms with van der Waals surface area (Å²) in [7, 11) is 0. The van der Waals surface area contributed by atoms with Crippen molar-refractivity contribution in [3.05, 3.63) is 12.2 Å². The van der Waals surface area contributed by atoms with Crippen LogP contribution in [-0.2, 0) is 0 Å². The minimum Gasteiger partial charge on any atom is -0.0883 e. The van der Waals surface area contributed by atoms with Gasteiger partial charge >= 0.3 is 0 Å².